The van der Waals surface area contributed by atoms with E-state index in [9.17, 15) is 0 Å². The van der Waals surface area contributed by atoms with Gasteiger partial charge >= 0.3 is 30.2 Å². The van der Waals surface area contributed by atoms with Gasteiger partial charge in [0.05, 0.1) is 0 Å². The molecule has 0 aliphatic heterocycles. The molecule has 336 valence electrons. The van der Waals surface area contributed by atoms with E-state index < -0.39 is 0 Å². The van der Waals surface area contributed by atoms with Gasteiger partial charge in [-0.25, -0.2) is 0 Å². The standard InChI is InChI=1S/2C29H31.2CH3.2ClH.Si.Zr/c2*1-19-14-20(2)27(21(3)15-19)17-22-16-24-8-7-9-26(28(24)18-22)23-10-12-25(13-11-23)29(4,5)6;;;;;;/h2*7-16,18H,17H2,1-6H3;2*1H3;2*1H;;/q4*-1;;;;. The Bertz CT molecular complexity index is 2510. The topological polar surface area (TPSA) is 0 Å². The first kappa shape index (κ1) is 56.3. The number of benzene rings is 6. The molecule has 0 amide bonds. The van der Waals surface area contributed by atoms with Crippen LogP contribution in [0.25, 0.3) is 43.8 Å². The Morgan fingerprint density at radius 2 is 0.734 bits per heavy atom. The van der Waals surface area contributed by atoms with Crippen molar-refractivity contribution in [3.05, 3.63) is 215 Å². The molecule has 0 unspecified atom stereocenters. The number of hydrogen-bond acceptors (Lipinski definition) is 0. The van der Waals surface area contributed by atoms with Crippen LogP contribution in [-0.2, 0) is 47.0 Å². The van der Waals surface area contributed by atoms with E-state index in [1.54, 1.807) is 0 Å². The molecule has 2 radical (unpaired) electrons. The average molecular weight is 981 g/mol. The molecular weight excluding hydrogens is 911 g/mol. The minimum absolute atomic E-state index is 0. The van der Waals surface area contributed by atoms with Crippen molar-refractivity contribution in [2.75, 3.05) is 0 Å². The number of aryl methyl sites for hydroxylation is 6. The summed E-state index contributed by atoms with van der Waals surface area (Å²) in [5, 5.41) is 5.38. The van der Waals surface area contributed by atoms with Crippen LogP contribution in [0.5, 0.6) is 0 Å². The zero-order valence-corrected chi connectivity index (χ0v) is 46.0. The Balaban J connectivity index is 0.000000400. The average Bonchev–Trinajstić information content (AvgIpc) is 3.82. The van der Waals surface area contributed by atoms with Crippen molar-refractivity contribution < 1.29 is 23.3 Å². The first-order chi connectivity index (χ1) is 28.4. The first-order valence-corrected chi connectivity index (χ1v) is 25.6. The van der Waals surface area contributed by atoms with E-state index in [2.05, 4.69) is 223 Å². The van der Waals surface area contributed by atoms with Crippen molar-refractivity contribution in [2.45, 2.75) is 107 Å². The van der Waals surface area contributed by atoms with E-state index >= 15 is 0 Å². The normalized spacial score (nSPS) is 10.9. The molecule has 0 saturated heterocycles. The van der Waals surface area contributed by atoms with Crippen LogP contribution >= 0.6 is 24.8 Å². The minimum atomic E-state index is 0. The zero-order valence-electron chi connectivity index (χ0n) is 40.9. The molecular formula is C60H70Cl2SiZr-4. The fourth-order valence-electron chi connectivity index (χ4n) is 8.99. The van der Waals surface area contributed by atoms with Crippen molar-refractivity contribution >= 4 is 53.2 Å². The molecule has 0 aliphatic carbocycles. The van der Waals surface area contributed by atoms with Gasteiger partial charge in [0, 0.05) is 0 Å². The Kier molecular flexibility index (Phi) is 20.8. The maximum absolute atomic E-state index is 3.06. The second-order valence-corrected chi connectivity index (χ2v) is 19.1. The van der Waals surface area contributed by atoms with Gasteiger partial charge in [-0.05, 0) is 121 Å². The van der Waals surface area contributed by atoms with Gasteiger partial charge in [0.15, 0.2) is 0 Å². The molecule has 0 aliphatic rings. The summed E-state index contributed by atoms with van der Waals surface area (Å²) in [6, 6.07) is 50.2. The van der Waals surface area contributed by atoms with Gasteiger partial charge in [0.2, 0.25) is 0 Å². The van der Waals surface area contributed by atoms with Crippen LogP contribution in [-0.4, -0.2) is 6.88 Å². The van der Waals surface area contributed by atoms with Crippen LogP contribution in [0.4, 0.5) is 0 Å². The Hall–Kier alpha value is -3.78. The number of fused-ring (bicyclic) bond motifs is 2. The molecule has 0 saturated carbocycles. The number of rotatable bonds is 6. The van der Waals surface area contributed by atoms with E-state index in [1.807, 2.05) is 0 Å². The van der Waals surface area contributed by atoms with Crippen LogP contribution in [0.3, 0.4) is 0 Å². The zero-order chi connectivity index (χ0) is 43.5. The fourth-order valence-corrected chi connectivity index (χ4v) is 8.99. The van der Waals surface area contributed by atoms with Crippen LogP contribution in [0, 0.1) is 56.4 Å². The molecule has 8 aromatic rings. The van der Waals surface area contributed by atoms with Gasteiger partial charge in [-0.15, -0.1) is 93.9 Å². The summed E-state index contributed by atoms with van der Waals surface area (Å²) in [5.41, 5.74) is 22.3. The molecule has 0 heterocycles. The molecule has 4 heteroatoms. The molecule has 0 aromatic heterocycles. The summed E-state index contributed by atoms with van der Waals surface area (Å²) in [7, 11) is 0. The molecule has 0 fully saturated rings. The number of hydrogen-bond donors (Lipinski definition) is 0. The molecule has 0 bridgehead atoms. The van der Waals surface area contributed by atoms with Gasteiger partial charge in [-0.3, -0.25) is 0 Å². The van der Waals surface area contributed by atoms with E-state index in [0.29, 0.717) is 0 Å². The van der Waals surface area contributed by atoms with Gasteiger partial charge in [0.1, 0.15) is 0 Å². The van der Waals surface area contributed by atoms with Crippen molar-refractivity contribution in [3.8, 4) is 22.3 Å². The van der Waals surface area contributed by atoms with E-state index in [-0.39, 0.29) is 50.5 Å². The van der Waals surface area contributed by atoms with Crippen molar-refractivity contribution in [1.29, 1.82) is 0 Å². The quantitative estimate of drug-likeness (QED) is 0.115. The Morgan fingerprint density at radius 3 is 1.02 bits per heavy atom. The van der Waals surface area contributed by atoms with Crippen molar-refractivity contribution in [2.24, 2.45) is 0 Å². The molecule has 8 aromatic carbocycles. The number of halogens is 2. The third-order valence-electron chi connectivity index (χ3n) is 12.2. The maximum atomic E-state index is 3.06. The van der Waals surface area contributed by atoms with Gasteiger partial charge in [-0.2, -0.15) is 12.1 Å². The first-order valence-electron chi connectivity index (χ1n) is 21.4. The third-order valence-corrected chi connectivity index (χ3v) is 12.2. The van der Waals surface area contributed by atoms with Crippen LogP contribution in [0.2, 0.25) is 0 Å². The molecule has 0 spiro atoms. The third kappa shape index (κ3) is 13.2. The molecule has 0 atom stereocenters. The predicted octanol–water partition coefficient (Wildman–Crippen LogP) is 17.4. The monoisotopic (exact) mass is 978 g/mol. The summed E-state index contributed by atoms with van der Waals surface area (Å²) in [6.45, 7) is 30.0. The summed E-state index contributed by atoms with van der Waals surface area (Å²) < 4.78 is 0. The second kappa shape index (κ2) is 23.6. The van der Waals surface area contributed by atoms with E-state index in [0.717, 1.165) is 12.8 Å². The summed E-state index contributed by atoms with van der Waals surface area (Å²) in [5.74, 6) is 0. The molecule has 8 rings (SSSR count). The summed E-state index contributed by atoms with van der Waals surface area (Å²) in [4.78, 5) is 0. The van der Waals surface area contributed by atoms with Gasteiger partial charge < -0.3 is 14.9 Å². The van der Waals surface area contributed by atoms with Crippen LogP contribution in [0.1, 0.15) is 108 Å². The van der Waals surface area contributed by atoms with Gasteiger partial charge in [0.25, 0.3) is 0 Å². The summed E-state index contributed by atoms with van der Waals surface area (Å²) >= 11 is 1.36. The van der Waals surface area contributed by atoms with Crippen molar-refractivity contribution in [1.82, 2.24) is 0 Å². The Morgan fingerprint density at radius 1 is 0.438 bits per heavy atom. The van der Waals surface area contributed by atoms with Gasteiger partial charge in [-0.1, -0.05) is 149 Å². The second-order valence-electron chi connectivity index (χ2n) is 19.1. The van der Waals surface area contributed by atoms with Crippen LogP contribution < -0.4 is 0 Å². The SMILES string of the molecule is Cc1cc(C)c(Cc2cc3c(-c4ccc(C(C)(C)C)cc4)cccc3[cH-]2)c(C)c1.Cc1cc(C)c(Cc2cc3c(-c4ccc(C(C)(C)C)cc4)cccc3[cH-]2)c(C)c1.Cl.Cl.[CH3-].[CH3-].[Si]=[Zr]. The molecule has 64 heavy (non-hydrogen) atoms. The van der Waals surface area contributed by atoms with Crippen molar-refractivity contribution in [3.63, 3.8) is 0 Å². The van der Waals surface area contributed by atoms with Crippen LogP contribution in [0.15, 0.2) is 133 Å². The van der Waals surface area contributed by atoms with E-state index in [1.165, 1.54) is 134 Å². The fraction of sp³-hybridized carbons (Fsp3) is 0.267. The predicted molar refractivity (Wildman–Crippen MR) is 287 cm³/mol. The Labute approximate surface area is 417 Å². The molecule has 0 nitrogen and oxygen atoms in total. The van der Waals surface area contributed by atoms with E-state index in [4.69, 9.17) is 0 Å². The summed E-state index contributed by atoms with van der Waals surface area (Å²) in [6.07, 6.45) is 1.99. The molecule has 0 N–H and O–H groups in total.